The molecule has 4 rings (SSSR count). The largest absolute Gasteiger partial charge is 0.492 e. The van der Waals surface area contributed by atoms with Crippen molar-refractivity contribution in [1.29, 1.82) is 0 Å². The lowest BCUT2D eigenvalue weighted by molar-refractivity contribution is -0.0646. The molecule has 0 spiro atoms. The molecule has 0 saturated carbocycles. The van der Waals surface area contributed by atoms with Gasteiger partial charge in [0.1, 0.15) is 36.1 Å². The first-order chi connectivity index (χ1) is 16.0. The molecule has 2 aromatic carbocycles. The molecule has 1 aliphatic rings. The van der Waals surface area contributed by atoms with E-state index in [1.54, 1.807) is 12.1 Å². The van der Waals surface area contributed by atoms with Gasteiger partial charge in [-0.1, -0.05) is 12.1 Å². The minimum Gasteiger partial charge on any atom is -0.492 e. The van der Waals surface area contributed by atoms with Crippen LogP contribution in [0.3, 0.4) is 0 Å². The molecule has 0 radical (unpaired) electrons. The summed E-state index contributed by atoms with van der Waals surface area (Å²) in [5, 5.41) is 15.4. The number of hydrogen-bond acceptors (Lipinski definition) is 6. The van der Waals surface area contributed by atoms with Crippen molar-refractivity contribution >= 4 is 0 Å². The lowest BCUT2D eigenvalue weighted by Gasteiger charge is -2.30. The molecule has 0 amide bonds. The number of benzene rings is 2. The van der Waals surface area contributed by atoms with Gasteiger partial charge < -0.3 is 19.3 Å². The minimum atomic E-state index is -1.17. The van der Waals surface area contributed by atoms with Gasteiger partial charge in [-0.05, 0) is 54.4 Å². The van der Waals surface area contributed by atoms with Crippen molar-refractivity contribution in [2.45, 2.75) is 25.6 Å². The highest BCUT2D eigenvalue weighted by molar-refractivity contribution is 5.28. The maximum absolute atomic E-state index is 13.1. The van der Waals surface area contributed by atoms with Gasteiger partial charge in [0.15, 0.2) is 0 Å². The Morgan fingerprint density at radius 2 is 2.00 bits per heavy atom. The van der Waals surface area contributed by atoms with Crippen molar-refractivity contribution in [2.24, 2.45) is 0 Å². The van der Waals surface area contributed by atoms with Crippen LogP contribution in [0.25, 0.3) is 0 Å². The number of β-amino-alcohol motifs (C(OH)–C–C–N with tert-alkyl or cyclic N) is 1. The highest BCUT2D eigenvalue weighted by atomic mass is 19.1. The molecule has 176 valence electrons. The fourth-order valence-electron chi connectivity index (χ4n) is 3.81. The van der Waals surface area contributed by atoms with Gasteiger partial charge in [0.25, 0.3) is 0 Å². The van der Waals surface area contributed by atoms with Gasteiger partial charge in [-0.25, -0.2) is 4.39 Å². The van der Waals surface area contributed by atoms with E-state index in [4.69, 9.17) is 14.2 Å². The third-order valence-electron chi connectivity index (χ3n) is 5.42. The summed E-state index contributed by atoms with van der Waals surface area (Å²) < 4.78 is 32.2. The number of nitrogens with zero attached hydrogens (tertiary/aromatic N) is 3. The van der Waals surface area contributed by atoms with Crippen LogP contribution in [-0.4, -0.2) is 64.9 Å². The average molecular weight is 456 g/mol. The van der Waals surface area contributed by atoms with E-state index in [1.807, 2.05) is 48.3 Å². The quantitative estimate of drug-likeness (QED) is 0.535. The zero-order chi connectivity index (χ0) is 23.1. The van der Waals surface area contributed by atoms with Gasteiger partial charge in [-0.2, -0.15) is 5.10 Å². The molecule has 1 atom stereocenters. The third kappa shape index (κ3) is 7.02. The molecular formula is C25H30FN3O4. The molecule has 0 bridgehead atoms. The topological polar surface area (TPSA) is 69.0 Å². The molecule has 1 aromatic heterocycles. The first-order valence-corrected chi connectivity index (χ1v) is 11.1. The van der Waals surface area contributed by atoms with Crippen LogP contribution < -0.4 is 9.47 Å². The fourth-order valence-corrected chi connectivity index (χ4v) is 3.81. The van der Waals surface area contributed by atoms with Crippen LogP contribution in [0.2, 0.25) is 0 Å². The van der Waals surface area contributed by atoms with Crippen molar-refractivity contribution < 1.29 is 23.7 Å². The Balaban J connectivity index is 1.31. The summed E-state index contributed by atoms with van der Waals surface area (Å²) in [7, 11) is 0. The average Bonchev–Trinajstić information content (AvgIpc) is 3.12. The van der Waals surface area contributed by atoms with Crippen LogP contribution in [0.5, 0.6) is 11.5 Å². The highest BCUT2D eigenvalue weighted by Crippen LogP contribution is 2.20. The molecule has 1 fully saturated rings. The Kier molecular flexibility index (Phi) is 7.59. The van der Waals surface area contributed by atoms with Crippen LogP contribution in [-0.2, 0) is 17.8 Å². The summed E-state index contributed by atoms with van der Waals surface area (Å²) in [5.41, 5.74) is 1.05. The summed E-state index contributed by atoms with van der Waals surface area (Å²) in [6.45, 7) is 5.74. The van der Waals surface area contributed by atoms with Gasteiger partial charge in [-0.3, -0.25) is 9.58 Å². The zero-order valence-electron chi connectivity index (χ0n) is 18.8. The lowest BCUT2D eigenvalue weighted by Crippen LogP contribution is -2.48. The van der Waals surface area contributed by atoms with Crippen LogP contribution in [0, 0.1) is 12.7 Å². The normalized spacial score (nSPS) is 19.2. The Labute approximate surface area is 193 Å². The second-order valence-corrected chi connectivity index (χ2v) is 8.51. The van der Waals surface area contributed by atoms with Gasteiger partial charge in [0, 0.05) is 25.8 Å². The standard InChI is InChI=1S/C25H30FN3O4/c1-20-14-27-29(15-20)10-12-32-24-4-2-3-21(13-24)16-28-9-11-31-18-25(30,17-28)19-33-23-7-5-22(26)6-8-23/h2-8,13-15,30H,9-12,16-19H2,1H3/t25-/m0/s1. The van der Waals surface area contributed by atoms with Crippen molar-refractivity contribution in [3.8, 4) is 11.5 Å². The van der Waals surface area contributed by atoms with Crippen molar-refractivity contribution in [1.82, 2.24) is 14.7 Å². The molecule has 8 heteroatoms. The summed E-state index contributed by atoms with van der Waals surface area (Å²) in [4.78, 5) is 2.15. The van der Waals surface area contributed by atoms with Crippen LogP contribution in [0.4, 0.5) is 4.39 Å². The van der Waals surface area contributed by atoms with Gasteiger partial charge >= 0.3 is 0 Å². The highest BCUT2D eigenvalue weighted by Gasteiger charge is 2.33. The molecule has 33 heavy (non-hydrogen) atoms. The molecular weight excluding hydrogens is 425 g/mol. The Morgan fingerprint density at radius 1 is 1.15 bits per heavy atom. The Morgan fingerprint density at radius 3 is 2.79 bits per heavy atom. The monoisotopic (exact) mass is 455 g/mol. The predicted molar refractivity (Wildman–Crippen MR) is 122 cm³/mol. The van der Waals surface area contributed by atoms with E-state index < -0.39 is 5.60 Å². The van der Waals surface area contributed by atoms with E-state index in [2.05, 4.69) is 10.00 Å². The fraction of sp³-hybridized carbons (Fsp3) is 0.400. The van der Waals surface area contributed by atoms with E-state index in [0.29, 0.717) is 45.1 Å². The molecule has 2 heterocycles. The van der Waals surface area contributed by atoms with Crippen LogP contribution in [0.1, 0.15) is 11.1 Å². The van der Waals surface area contributed by atoms with Gasteiger partial charge in [0.2, 0.25) is 0 Å². The van der Waals surface area contributed by atoms with Gasteiger partial charge in [0.05, 0.1) is 26.0 Å². The number of hydrogen-bond donors (Lipinski definition) is 1. The first-order valence-electron chi connectivity index (χ1n) is 11.1. The van der Waals surface area contributed by atoms with Crippen LogP contribution >= 0.6 is 0 Å². The minimum absolute atomic E-state index is 0.0607. The van der Waals surface area contributed by atoms with Crippen molar-refractivity contribution in [3.63, 3.8) is 0 Å². The lowest BCUT2D eigenvalue weighted by atomic mass is 10.1. The summed E-state index contributed by atoms with van der Waals surface area (Å²) in [6.07, 6.45) is 3.82. The third-order valence-corrected chi connectivity index (χ3v) is 5.42. The van der Waals surface area contributed by atoms with Crippen LogP contribution in [0.15, 0.2) is 60.9 Å². The number of ether oxygens (including phenoxy) is 3. The van der Waals surface area contributed by atoms with Crippen molar-refractivity contribution in [3.05, 3.63) is 77.9 Å². The van der Waals surface area contributed by atoms with E-state index in [-0.39, 0.29) is 19.0 Å². The Hall–Kier alpha value is -2.94. The first kappa shape index (κ1) is 23.2. The Bertz CT molecular complexity index is 1030. The summed E-state index contributed by atoms with van der Waals surface area (Å²) in [6, 6.07) is 13.7. The summed E-state index contributed by atoms with van der Waals surface area (Å²) in [5.74, 6) is 0.987. The van der Waals surface area contributed by atoms with E-state index in [0.717, 1.165) is 16.9 Å². The molecule has 0 aliphatic carbocycles. The smallest absolute Gasteiger partial charge is 0.134 e. The maximum Gasteiger partial charge on any atom is 0.134 e. The number of aliphatic hydroxyl groups is 1. The number of aryl methyl sites for hydroxylation is 1. The molecule has 1 saturated heterocycles. The second-order valence-electron chi connectivity index (χ2n) is 8.51. The van der Waals surface area contributed by atoms with E-state index in [9.17, 15) is 9.50 Å². The molecule has 7 nitrogen and oxygen atoms in total. The maximum atomic E-state index is 13.1. The SMILES string of the molecule is Cc1cnn(CCOc2cccc(CN3CCOC[C@](O)(COc4ccc(F)cc4)C3)c2)c1. The van der Waals surface area contributed by atoms with Gasteiger partial charge in [-0.15, -0.1) is 0 Å². The molecule has 1 aliphatic heterocycles. The second kappa shape index (κ2) is 10.8. The van der Waals surface area contributed by atoms with E-state index >= 15 is 0 Å². The molecule has 3 aromatic rings. The predicted octanol–water partition coefficient (Wildman–Crippen LogP) is 3.05. The summed E-state index contributed by atoms with van der Waals surface area (Å²) >= 11 is 0. The molecule has 0 unspecified atom stereocenters. The molecule has 1 N–H and O–H groups in total. The van der Waals surface area contributed by atoms with E-state index in [1.165, 1.54) is 12.1 Å². The number of aromatic nitrogens is 2. The number of halogens is 1. The number of rotatable bonds is 9. The zero-order valence-corrected chi connectivity index (χ0v) is 18.8. The van der Waals surface area contributed by atoms with Crippen molar-refractivity contribution in [2.75, 3.05) is 39.5 Å².